The topological polar surface area (TPSA) is 104 Å². The van der Waals surface area contributed by atoms with Gasteiger partial charge in [-0.05, 0) is 74.5 Å². The van der Waals surface area contributed by atoms with E-state index < -0.39 is 0 Å². The van der Waals surface area contributed by atoms with Crippen molar-refractivity contribution in [2.45, 2.75) is 12.8 Å². The molecule has 36 heavy (non-hydrogen) atoms. The van der Waals surface area contributed by atoms with Gasteiger partial charge in [0.15, 0.2) is 0 Å². The summed E-state index contributed by atoms with van der Waals surface area (Å²) >= 11 is 12.2. The zero-order valence-electron chi connectivity index (χ0n) is 19.9. The Hall–Kier alpha value is -3.04. The lowest BCUT2D eigenvalue weighted by molar-refractivity contribution is 0.197. The van der Waals surface area contributed by atoms with E-state index >= 15 is 0 Å². The molecule has 0 saturated carbocycles. The van der Waals surface area contributed by atoms with E-state index in [-0.39, 0.29) is 0 Å². The van der Waals surface area contributed by atoms with E-state index in [2.05, 4.69) is 4.90 Å². The Morgan fingerprint density at radius 2 is 1.22 bits per heavy atom. The number of aromatic nitrogens is 2. The van der Waals surface area contributed by atoms with E-state index in [0.717, 1.165) is 63.4 Å². The van der Waals surface area contributed by atoms with Crippen molar-refractivity contribution in [2.24, 2.45) is 15.7 Å². The van der Waals surface area contributed by atoms with Gasteiger partial charge in [0.1, 0.15) is 0 Å². The fraction of sp³-hybridized carbons (Fsp3) is 0.308. The van der Waals surface area contributed by atoms with E-state index in [4.69, 9.17) is 38.9 Å². The molecule has 0 aliphatic heterocycles. The van der Waals surface area contributed by atoms with E-state index in [0.29, 0.717) is 40.7 Å². The van der Waals surface area contributed by atoms with Gasteiger partial charge >= 0.3 is 0 Å². The molecule has 4 rings (SSSR count). The van der Waals surface area contributed by atoms with Gasteiger partial charge in [0.2, 0.25) is 0 Å². The van der Waals surface area contributed by atoms with Crippen molar-refractivity contribution in [3.8, 4) is 0 Å². The molecule has 190 valence electrons. The summed E-state index contributed by atoms with van der Waals surface area (Å²) in [4.78, 5) is 11.9. The molecule has 2 heterocycles. The van der Waals surface area contributed by atoms with Crippen LogP contribution >= 0.6 is 23.2 Å². The molecule has 0 radical (unpaired) electrons. The molecule has 0 aliphatic rings. The molecule has 0 bridgehead atoms. The number of halogens is 2. The summed E-state index contributed by atoms with van der Waals surface area (Å²) in [6.45, 7) is 4.32. The number of hydrogen-bond donors (Lipinski definition) is 3. The lowest BCUT2D eigenvalue weighted by atomic mass is 10.2. The zero-order valence-corrected chi connectivity index (χ0v) is 21.4. The molecule has 10 heteroatoms. The highest BCUT2D eigenvalue weighted by molar-refractivity contribution is 6.31. The molecule has 0 aliphatic carbocycles. The molecule has 2 aromatic heterocycles. The molecule has 0 atom stereocenters. The summed E-state index contributed by atoms with van der Waals surface area (Å²) in [5.41, 5.74) is 6.93. The van der Waals surface area contributed by atoms with Gasteiger partial charge in [0.25, 0.3) is 0 Å². The Balaban J connectivity index is 1.49. The van der Waals surface area contributed by atoms with Gasteiger partial charge < -0.3 is 16.1 Å². The number of pyridine rings is 2. The highest BCUT2D eigenvalue weighted by Gasteiger charge is 2.06. The lowest BCUT2D eigenvalue weighted by Gasteiger charge is -2.20. The van der Waals surface area contributed by atoms with Gasteiger partial charge in [0, 0.05) is 46.3 Å². The molecular formula is C26H30Cl2N6O2. The molecule has 8 nitrogen and oxygen atoms in total. The van der Waals surface area contributed by atoms with Crippen LogP contribution in [0.15, 0.2) is 70.9 Å². The minimum absolute atomic E-state index is 0.556. The van der Waals surface area contributed by atoms with Gasteiger partial charge in [-0.1, -0.05) is 23.2 Å². The monoisotopic (exact) mass is 528 g/mol. The Bertz CT molecular complexity index is 1370. The maximum Gasteiger partial charge on any atom is 0.0901 e. The Morgan fingerprint density at radius 3 is 1.69 bits per heavy atom. The summed E-state index contributed by atoms with van der Waals surface area (Å²) in [5, 5.41) is 24.6. The molecule has 0 unspecified atom stereocenters. The van der Waals surface area contributed by atoms with Gasteiger partial charge in [-0.15, -0.1) is 0 Å². The van der Waals surface area contributed by atoms with Crippen molar-refractivity contribution in [3.05, 3.63) is 81.7 Å². The van der Waals surface area contributed by atoms with Crippen LogP contribution in [0.2, 0.25) is 10.0 Å². The van der Waals surface area contributed by atoms with Gasteiger partial charge in [0.05, 0.1) is 34.8 Å². The van der Waals surface area contributed by atoms with E-state index in [1.165, 1.54) is 0 Å². The normalized spacial score (nSPS) is 12.9. The van der Waals surface area contributed by atoms with Gasteiger partial charge in [-0.3, -0.25) is 14.9 Å². The van der Waals surface area contributed by atoms with Gasteiger partial charge in [-0.25, -0.2) is 0 Å². The smallest absolute Gasteiger partial charge is 0.0901 e. The first-order valence-corrected chi connectivity index (χ1v) is 12.7. The standard InChI is InChI=1S/C26H30Cl2N6O2/c27-19-3-5-21-23(7-13-33(35)25(21)17-19)30-10-15-32(12-2-1-9-29)16-11-31-24-8-14-34(36)26-18-20(28)4-6-22(24)26/h3-8,13-14,17-18,35-36H,1-2,9-12,15-16,29H2. The fourth-order valence-electron chi connectivity index (χ4n) is 4.16. The first kappa shape index (κ1) is 26.0. The van der Waals surface area contributed by atoms with Crippen LogP contribution in [-0.2, 0) is 0 Å². The zero-order chi connectivity index (χ0) is 25.5. The van der Waals surface area contributed by atoms with Crippen LogP contribution in [-0.4, -0.2) is 64.0 Å². The summed E-state index contributed by atoms with van der Waals surface area (Å²) in [5.74, 6) is 0. The predicted octanol–water partition coefficient (Wildman–Crippen LogP) is 3.92. The number of nitrogens with two attached hydrogens (primary N) is 1. The van der Waals surface area contributed by atoms with Crippen LogP contribution in [0.5, 0.6) is 0 Å². The van der Waals surface area contributed by atoms with Crippen LogP contribution in [0.1, 0.15) is 12.8 Å². The molecule has 0 saturated heterocycles. The molecule has 4 N–H and O–H groups in total. The highest BCUT2D eigenvalue weighted by atomic mass is 35.5. The summed E-state index contributed by atoms with van der Waals surface area (Å²) < 4.78 is 2.11. The van der Waals surface area contributed by atoms with Crippen LogP contribution in [0.4, 0.5) is 0 Å². The van der Waals surface area contributed by atoms with E-state index in [1.54, 1.807) is 48.8 Å². The third-order valence-electron chi connectivity index (χ3n) is 6.04. The molecular weight excluding hydrogens is 499 g/mol. The summed E-state index contributed by atoms with van der Waals surface area (Å²) in [7, 11) is 0. The summed E-state index contributed by atoms with van der Waals surface area (Å²) in [6.07, 6.45) is 5.11. The first-order valence-electron chi connectivity index (χ1n) is 11.9. The highest BCUT2D eigenvalue weighted by Crippen LogP contribution is 2.16. The first-order chi connectivity index (χ1) is 17.5. The lowest BCUT2D eigenvalue weighted by Crippen LogP contribution is -2.31. The van der Waals surface area contributed by atoms with Crippen molar-refractivity contribution in [1.82, 2.24) is 14.4 Å². The Labute approximate surface area is 219 Å². The van der Waals surface area contributed by atoms with Crippen LogP contribution in [0, 0.1) is 0 Å². The number of nitrogens with zero attached hydrogens (tertiary/aromatic N) is 5. The number of benzene rings is 2. The van der Waals surface area contributed by atoms with Crippen molar-refractivity contribution in [1.29, 1.82) is 0 Å². The number of hydrogen-bond acceptors (Lipinski definition) is 6. The average Bonchev–Trinajstić information content (AvgIpc) is 2.87. The maximum atomic E-state index is 10.1. The second-order valence-electron chi connectivity index (χ2n) is 8.51. The quantitative estimate of drug-likeness (QED) is 0.214. The van der Waals surface area contributed by atoms with Crippen molar-refractivity contribution < 1.29 is 10.4 Å². The number of unbranched alkanes of at least 4 members (excludes halogenated alkanes) is 1. The van der Waals surface area contributed by atoms with Crippen molar-refractivity contribution in [2.75, 3.05) is 39.3 Å². The van der Waals surface area contributed by atoms with Crippen LogP contribution < -0.4 is 16.4 Å². The summed E-state index contributed by atoms with van der Waals surface area (Å²) in [6, 6.07) is 14.4. The second kappa shape index (κ2) is 12.3. The molecule has 0 fully saturated rings. The predicted molar refractivity (Wildman–Crippen MR) is 144 cm³/mol. The molecule has 4 aromatic rings. The average molecular weight is 529 g/mol. The number of rotatable bonds is 10. The van der Waals surface area contributed by atoms with Crippen LogP contribution in [0.3, 0.4) is 0 Å². The molecule has 0 amide bonds. The number of fused-ring (bicyclic) bond motifs is 2. The van der Waals surface area contributed by atoms with Crippen molar-refractivity contribution in [3.63, 3.8) is 0 Å². The van der Waals surface area contributed by atoms with Gasteiger partial charge in [-0.2, -0.15) is 9.46 Å². The van der Waals surface area contributed by atoms with Crippen LogP contribution in [0.25, 0.3) is 21.8 Å². The SMILES string of the molecule is NCCCCN(CCN=c1ccn(O)c2cc(Cl)ccc12)CCN=c1ccn(O)c2cc(Cl)ccc12. The maximum absolute atomic E-state index is 10.1. The minimum Gasteiger partial charge on any atom is -0.428 e. The van der Waals surface area contributed by atoms with E-state index in [1.807, 2.05) is 12.1 Å². The Morgan fingerprint density at radius 1 is 0.722 bits per heavy atom. The second-order valence-corrected chi connectivity index (χ2v) is 9.39. The largest absolute Gasteiger partial charge is 0.428 e. The third kappa shape index (κ3) is 6.39. The third-order valence-corrected chi connectivity index (χ3v) is 6.51. The minimum atomic E-state index is 0.556. The Kier molecular flexibility index (Phi) is 8.88. The molecule has 2 aromatic carbocycles. The fourth-order valence-corrected chi connectivity index (χ4v) is 4.49. The molecule has 0 spiro atoms. The van der Waals surface area contributed by atoms with E-state index in [9.17, 15) is 10.4 Å². The van der Waals surface area contributed by atoms with Crippen molar-refractivity contribution >= 4 is 45.0 Å².